The summed E-state index contributed by atoms with van der Waals surface area (Å²) in [4.78, 5) is 1.59. The third-order valence-electron chi connectivity index (χ3n) is 3.54. The number of hydrogen-bond donors (Lipinski definition) is 1. The minimum Gasteiger partial charge on any atom is -0.316 e. The quantitative estimate of drug-likeness (QED) is 0.795. The van der Waals surface area contributed by atoms with Gasteiger partial charge in [0.1, 0.15) is 0 Å². The maximum atomic E-state index is 12.5. The van der Waals surface area contributed by atoms with Crippen molar-refractivity contribution in [3.05, 3.63) is 0 Å². The van der Waals surface area contributed by atoms with E-state index in [1.54, 1.807) is 4.90 Å². The Balaban J connectivity index is 2.47. The largest absolute Gasteiger partial charge is 0.401 e. The van der Waals surface area contributed by atoms with Gasteiger partial charge >= 0.3 is 6.18 Å². The van der Waals surface area contributed by atoms with Crippen molar-refractivity contribution in [1.82, 2.24) is 10.2 Å². The molecule has 0 amide bonds. The third-order valence-corrected chi connectivity index (χ3v) is 3.54. The van der Waals surface area contributed by atoms with Crippen LogP contribution in [0.3, 0.4) is 0 Å². The molecule has 2 nitrogen and oxygen atoms in total. The zero-order valence-electron chi connectivity index (χ0n) is 11.8. The Morgan fingerprint density at radius 3 is 2.11 bits per heavy atom. The molecule has 0 heterocycles. The van der Waals surface area contributed by atoms with E-state index < -0.39 is 12.7 Å². The molecular weight excluding hydrogens is 241 g/mol. The minimum atomic E-state index is -4.08. The Hall–Kier alpha value is -0.290. The maximum absolute atomic E-state index is 12.5. The zero-order valence-corrected chi connectivity index (χ0v) is 11.8. The summed E-state index contributed by atoms with van der Waals surface area (Å²) in [7, 11) is 1.88. The normalized spacial score (nSPS) is 19.3. The first-order valence-corrected chi connectivity index (χ1v) is 6.61. The number of rotatable bonds is 6. The second-order valence-electron chi connectivity index (χ2n) is 6.31. The smallest absolute Gasteiger partial charge is 0.316 e. The first kappa shape index (κ1) is 15.8. The summed E-state index contributed by atoms with van der Waals surface area (Å²) in [6.45, 7) is 6.09. The molecule has 1 saturated carbocycles. The SMILES string of the molecule is CNC(CCN(CC(F)(F)F)C1CC1)C(C)(C)C. The van der Waals surface area contributed by atoms with Crippen molar-refractivity contribution in [3.8, 4) is 0 Å². The fourth-order valence-corrected chi connectivity index (χ4v) is 2.37. The van der Waals surface area contributed by atoms with Crippen LogP contribution in [-0.2, 0) is 0 Å². The topological polar surface area (TPSA) is 15.3 Å². The summed E-state index contributed by atoms with van der Waals surface area (Å²) in [6.07, 6.45) is -1.50. The summed E-state index contributed by atoms with van der Waals surface area (Å²) in [5.74, 6) is 0. The van der Waals surface area contributed by atoms with Gasteiger partial charge in [0.2, 0.25) is 0 Å². The summed E-state index contributed by atoms with van der Waals surface area (Å²) < 4.78 is 37.4. The summed E-state index contributed by atoms with van der Waals surface area (Å²) in [6, 6.07) is 0.399. The van der Waals surface area contributed by atoms with Crippen LogP contribution in [0.15, 0.2) is 0 Å². The first-order valence-electron chi connectivity index (χ1n) is 6.61. The van der Waals surface area contributed by atoms with E-state index in [0.717, 1.165) is 19.3 Å². The Bertz CT molecular complexity index is 254. The molecule has 18 heavy (non-hydrogen) atoms. The van der Waals surface area contributed by atoms with Crippen molar-refractivity contribution in [2.24, 2.45) is 5.41 Å². The number of alkyl halides is 3. The van der Waals surface area contributed by atoms with Crippen LogP contribution in [0.25, 0.3) is 0 Å². The Morgan fingerprint density at radius 2 is 1.78 bits per heavy atom. The van der Waals surface area contributed by atoms with Crippen LogP contribution in [0.4, 0.5) is 13.2 Å². The molecular formula is C13H25F3N2. The van der Waals surface area contributed by atoms with E-state index in [9.17, 15) is 13.2 Å². The molecule has 1 N–H and O–H groups in total. The molecule has 0 saturated heterocycles. The predicted molar refractivity (Wildman–Crippen MR) is 67.6 cm³/mol. The van der Waals surface area contributed by atoms with Gasteiger partial charge in [-0.2, -0.15) is 13.2 Å². The van der Waals surface area contributed by atoms with Gasteiger partial charge in [0, 0.05) is 18.6 Å². The molecule has 1 aliphatic carbocycles. The highest BCUT2D eigenvalue weighted by Crippen LogP contribution is 2.31. The monoisotopic (exact) mass is 266 g/mol. The molecule has 1 atom stereocenters. The van der Waals surface area contributed by atoms with E-state index >= 15 is 0 Å². The maximum Gasteiger partial charge on any atom is 0.401 e. The fraction of sp³-hybridized carbons (Fsp3) is 1.00. The van der Waals surface area contributed by atoms with E-state index in [2.05, 4.69) is 26.1 Å². The van der Waals surface area contributed by atoms with Gasteiger partial charge < -0.3 is 5.32 Å². The van der Waals surface area contributed by atoms with Crippen molar-refractivity contribution in [1.29, 1.82) is 0 Å². The molecule has 5 heteroatoms. The highest BCUT2D eigenvalue weighted by molar-refractivity contribution is 4.88. The lowest BCUT2D eigenvalue weighted by Crippen LogP contribution is -2.43. The van der Waals surface area contributed by atoms with Crippen LogP contribution in [0.5, 0.6) is 0 Å². The molecule has 0 aromatic rings. The van der Waals surface area contributed by atoms with Gasteiger partial charge in [0.25, 0.3) is 0 Å². The van der Waals surface area contributed by atoms with E-state index in [1.807, 2.05) is 7.05 Å². The van der Waals surface area contributed by atoms with Gasteiger partial charge in [0.05, 0.1) is 6.54 Å². The van der Waals surface area contributed by atoms with Gasteiger partial charge in [-0.25, -0.2) is 0 Å². The molecule has 0 spiro atoms. The van der Waals surface area contributed by atoms with E-state index in [1.165, 1.54) is 0 Å². The third kappa shape index (κ3) is 5.57. The first-order chi connectivity index (χ1) is 8.13. The van der Waals surface area contributed by atoms with Crippen LogP contribution >= 0.6 is 0 Å². The number of halogens is 3. The van der Waals surface area contributed by atoms with Gasteiger partial charge in [-0.05, 0) is 31.7 Å². The molecule has 0 aromatic carbocycles. The summed E-state index contributed by atoms with van der Waals surface area (Å²) in [5.41, 5.74) is 0.0716. The lowest BCUT2D eigenvalue weighted by atomic mass is 9.85. The lowest BCUT2D eigenvalue weighted by molar-refractivity contribution is -0.147. The van der Waals surface area contributed by atoms with Crippen LogP contribution in [-0.4, -0.2) is 43.3 Å². The minimum absolute atomic E-state index is 0.0716. The predicted octanol–water partition coefficient (Wildman–Crippen LogP) is 3.04. The molecule has 1 rings (SSSR count). The standard InChI is InChI=1S/C13H25F3N2/c1-12(2,3)11(17-4)7-8-18(10-5-6-10)9-13(14,15)16/h10-11,17H,5-9H2,1-4H3. The second kappa shape index (κ2) is 5.78. The van der Waals surface area contributed by atoms with Crippen molar-refractivity contribution in [2.45, 2.75) is 58.3 Å². The molecule has 0 aromatic heterocycles. The van der Waals surface area contributed by atoms with Gasteiger partial charge in [-0.3, -0.25) is 4.90 Å². The van der Waals surface area contributed by atoms with Gasteiger partial charge in [0.15, 0.2) is 0 Å². The van der Waals surface area contributed by atoms with Crippen LogP contribution in [0.2, 0.25) is 0 Å². The van der Waals surface area contributed by atoms with Crippen molar-refractivity contribution >= 4 is 0 Å². The Kier molecular flexibility index (Phi) is 5.06. The average Bonchev–Trinajstić information content (AvgIpc) is 2.95. The molecule has 0 aliphatic heterocycles. The average molecular weight is 266 g/mol. The van der Waals surface area contributed by atoms with Crippen molar-refractivity contribution < 1.29 is 13.2 Å². The number of nitrogens with zero attached hydrogens (tertiary/aromatic N) is 1. The second-order valence-corrected chi connectivity index (χ2v) is 6.31. The van der Waals surface area contributed by atoms with Gasteiger partial charge in [-0.15, -0.1) is 0 Å². The summed E-state index contributed by atoms with van der Waals surface area (Å²) in [5, 5.41) is 3.21. The molecule has 1 unspecified atom stereocenters. The summed E-state index contributed by atoms with van der Waals surface area (Å²) >= 11 is 0. The Labute approximate surface area is 108 Å². The molecule has 1 fully saturated rings. The van der Waals surface area contributed by atoms with Crippen molar-refractivity contribution in [2.75, 3.05) is 20.1 Å². The van der Waals surface area contributed by atoms with Crippen LogP contribution < -0.4 is 5.32 Å². The molecule has 0 radical (unpaired) electrons. The van der Waals surface area contributed by atoms with E-state index in [4.69, 9.17) is 0 Å². The van der Waals surface area contributed by atoms with Crippen LogP contribution in [0.1, 0.15) is 40.0 Å². The zero-order chi connectivity index (χ0) is 14.0. The molecule has 108 valence electrons. The van der Waals surface area contributed by atoms with Crippen LogP contribution in [0, 0.1) is 5.41 Å². The van der Waals surface area contributed by atoms with Gasteiger partial charge in [-0.1, -0.05) is 20.8 Å². The molecule has 0 bridgehead atoms. The highest BCUT2D eigenvalue weighted by atomic mass is 19.4. The lowest BCUT2D eigenvalue weighted by Gasteiger charge is -2.33. The number of nitrogens with one attached hydrogen (secondary N) is 1. The van der Waals surface area contributed by atoms with E-state index in [0.29, 0.717) is 6.54 Å². The highest BCUT2D eigenvalue weighted by Gasteiger charge is 2.38. The Morgan fingerprint density at radius 1 is 1.22 bits per heavy atom. The molecule has 1 aliphatic rings. The fourth-order valence-electron chi connectivity index (χ4n) is 2.37. The number of hydrogen-bond acceptors (Lipinski definition) is 2. The van der Waals surface area contributed by atoms with E-state index in [-0.39, 0.29) is 17.5 Å². The van der Waals surface area contributed by atoms with Crippen molar-refractivity contribution in [3.63, 3.8) is 0 Å².